The minimum atomic E-state index is -0.821. The maximum absolute atomic E-state index is 12.3. The monoisotopic (exact) mass is 328 g/mol. The SMILES string of the molecule is CCC1=C(C(=O)OC)C(c2cccc([N+](=O)[O-])c2)C(C#N)=C(N)N1. The molecule has 0 aliphatic carbocycles. The van der Waals surface area contributed by atoms with Crippen LogP contribution in [0.15, 0.2) is 46.9 Å². The van der Waals surface area contributed by atoms with Crippen LogP contribution >= 0.6 is 0 Å². The summed E-state index contributed by atoms with van der Waals surface area (Å²) in [7, 11) is 1.24. The van der Waals surface area contributed by atoms with Gasteiger partial charge in [0, 0.05) is 17.8 Å². The number of nitro groups is 1. The number of allylic oxidation sites excluding steroid dienone is 2. The number of dihydropyridines is 1. The highest BCUT2D eigenvalue weighted by molar-refractivity contribution is 5.93. The molecule has 0 radical (unpaired) electrons. The van der Waals surface area contributed by atoms with Crippen molar-refractivity contribution in [1.82, 2.24) is 5.32 Å². The Kier molecular flexibility index (Phi) is 4.84. The second-order valence-electron chi connectivity index (χ2n) is 5.09. The molecule has 1 aromatic rings. The van der Waals surface area contributed by atoms with Crippen molar-refractivity contribution < 1.29 is 14.5 Å². The number of hydrogen-bond donors (Lipinski definition) is 2. The average molecular weight is 328 g/mol. The van der Waals surface area contributed by atoms with Crippen LogP contribution in [0.5, 0.6) is 0 Å². The van der Waals surface area contributed by atoms with Crippen LogP contribution in [0.25, 0.3) is 0 Å². The number of non-ortho nitro benzene ring substituents is 1. The van der Waals surface area contributed by atoms with Crippen LogP contribution in [0.2, 0.25) is 0 Å². The Morgan fingerprint density at radius 3 is 2.79 bits per heavy atom. The Morgan fingerprint density at radius 1 is 1.54 bits per heavy atom. The van der Waals surface area contributed by atoms with E-state index in [1.807, 2.05) is 13.0 Å². The molecule has 2 rings (SSSR count). The molecular weight excluding hydrogens is 312 g/mol. The molecule has 8 nitrogen and oxygen atoms in total. The van der Waals surface area contributed by atoms with Gasteiger partial charge in [0.1, 0.15) is 5.82 Å². The zero-order valence-electron chi connectivity index (χ0n) is 13.2. The third-order valence-electron chi connectivity index (χ3n) is 3.77. The lowest BCUT2D eigenvalue weighted by atomic mass is 9.81. The second-order valence-corrected chi connectivity index (χ2v) is 5.09. The second kappa shape index (κ2) is 6.83. The molecular formula is C16H16N4O4. The van der Waals surface area contributed by atoms with Crippen molar-refractivity contribution in [3.8, 4) is 6.07 Å². The fourth-order valence-corrected chi connectivity index (χ4v) is 2.68. The quantitative estimate of drug-likeness (QED) is 0.489. The van der Waals surface area contributed by atoms with Gasteiger partial charge >= 0.3 is 5.97 Å². The Labute approximate surface area is 138 Å². The number of benzene rings is 1. The van der Waals surface area contributed by atoms with Gasteiger partial charge in [-0.15, -0.1) is 0 Å². The normalized spacial score (nSPS) is 17.1. The Morgan fingerprint density at radius 2 is 2.25 bits per heavy atom. The fraction of sp³-hybridized carbons (Fsp3) is 0.250. The van der Waals surface area contributed by atoms with E-state index >= 15 is 0 Å². The van der Waals surface area contributed by atoms with E-state index in [2.05, 4.69) is 5.32 Å². The molecule has 0 bridgehead atoms. The first-order valence-corrected chi connectivity index (χ1v) is 7.17. The molecule has 0 aromatic heterocycles. The van der Waals surface area contributed by atoms with Crippen LogP contribution < -0.4 is 11.1 Å². The first-order valence-electron chi connectivity index (χ1n) is 7.17. The highest BCUT2D eigenvalue weighted by Crippen LogP contribution is 2.38. The molecule has 1 aliphatic heterocycles. The van der Waals surface area contributed by atoms with Gasteiger partial charge in [0.25, 0.3) is 5.69 Å². The van der Waals surface area contributed by atoms with Gasteiger partial charge in [-0.25, -0.2) is 4.79 Å². The summed E-state index contributed by atoms with van der Waals surface area (Å²) in [6.45, 7) is 1.82. The lowest BCUT2D eigenvalue weighted by Crippen LogP contribution is -2.33. The molecule has 0 spiro atoms. The van der Waals surface area contributed by atoms with Crippen molar-refractivity contribution in [3.05, 3.63) is 62.6 Å². The molecule has 0 saturated carbocycles. The van der Waals surface area contributed by atoms with Crippen LogP contribution in [-0.2, 0) is 9.53 Å². The van der Waals surface area contributed by atoms with E-state index in [0.29, 0.717) is 17.7 Å². The summed E-state index contributed by atoms with van der Waals surface area (Å²) in [5.41, 5.74) is 7.07. The molecule has 1 unspecified atom stereocenters. The van der Waals surface area contributed by atoms with Gasteiger partial charge in [-0.3, -0.25) is 10.1 Å². The number of nitro benzene ring substituents is 1. The van der Waals surface area contributed by atoms with Crippen LogP contribution in [0.1, 0.15) is 24.8 Å². The van der Waals surface area contributed by atoms with E-state index in [1.54, 1.807) is 6.07 Å². The molecule has 8 heteroatoms. The number of nitrogens with two attached hydrogens (primary N) is 1. The third kappa shape index (κ3) is 2.92. The number of nitrogens with zero attached hydrogens (tertiary/aromatic N) is 2. The van der Waals surface area contributed by atoms with Crippen LogP contribution in [-0.4, -0.2) is 18.0 Å². The number of nitrogens with one attached hydrogen (secondary N) is 1. The van der Waals surface area contributed by atoms with E-state index in [-0.39, 0.29) is 22.7 Å². The summed E-state index contributed by atoms with van der Waals surface area (Å²) in [6, 6.07) is 7.77. The predicted octanol–water partition coefficient (Wildman–Crippen LogP) is 1.81. The summed E-state index contributed by atoms with van der Waals surface area (Å²) in [5, 5.41) is 23.3. The molecule has 1 aromatic carbocycles. The highest BCUT2D eigenvalue weighted by atomic mass is 16.6. The average Bonchev–Trinajstić information content (AvgIpc) is 2.59. The summed E-state index contributed by atoms with van der Waals surface area (Å²) in [5.74, 6) is -1.31. The number of ether oxygens (including phenoxy) is 1. The van der Waals surface area contributed by atoms with Crippen molar-refractivity contribution in [3.63, 3.8) is 0 Å². The first kappa shape index (κ1) is 17.0. The summed E-state index contributed by atoms with van der Waals surface area (Å²) < 4.78 is 4.84. The number of esters is 1. The number of carbonyl (C=O) groups is 1. The number of methoxy groups -OCH3 is 1. The van der Waals surface area contributed by atoms with Crippen LogP contribution in [0, 0.1) is 21.4 Å². The van der Waals surface area contributed by atoms with E-state index in [9.17, 15) is 20.2 Å². The third-order valence-corrected chi connectivity index (χ3v) is 3.77. The molecule has 1 heterocycles. The number of carbonyl (C=O) groups excluding carboxylic acids is 1. The molecule has 1 atom stereocenters. The number of hydrogen-bond acceptors (Lipinski definition) is 7. The van der Waals surface area contributed by atoms with E-state index < -0.39 is 16.8 Å². The summed E-state index contributed by atoms with van der Waals surface area (Å²) in [6.07, 6.45) is 0.454. The van der Waals surface area contributed by atoms with Gasteiger partial charge in [0.05, 0.1) is 35.2 Å². The summed E-state index contributed by atoms with van der Waals surface area (Å²) in [4.78, 5) is 22.8. The fourth-order valence-electron chi connectivity index (χ4n) is 2.68. The van der Waals surface area contributed by atoms with Crippen molar-refractivity contribution >= 4 is 11.7 Å². The largest absolute Gasteiger partial charge is 0.466 e. The minimum Gasteiger partial charge on any atom is -0.466 e. The van der Waals surface area contributed by atoms with Gasteiger partial charge in [-0.1, -0.05) is 19.1 Å². The van der Waals surface area contributed by atoms with Gasteiger partial charge in [-0.05, 0) is 12.0 Å². The molecule has 0 amide bonds. The van der Waals surface area contributed by atoms with Crippen molar-refractivity contribution in [2.24, 2.45) is 5.73 Å². The van der Waals surface area contributed by atoms with Crippen LogP contribution in [0.3, 0.4) is 0 Å². The lowest BCUT2D eigenvalue weighted by molar-refractivity contribution is -0.384. The zero-order chi connectivity index (χ0) is 17.9. The predicted molar refractivity (Wildman–Crippen MR) is 85.1 cm³/mol. The zero-order valence-corrected chi connectivity index (χ0v) is 13.2. The number of nitriles is 1. The maximum Gasteiger partial charge on any atom is 0.336 e. The first-order chi connectivity index (χ1) is 11.4. The van der Waals surface area contributed by atoms with Crippen molar-refractivity contribution in [2.45, 2.75) is 19.3 Å². The van der Waals surface area contributed by atoms with Gasteiger partial charge in [0.15, 0.2) is 0 Å². The lowest BCUT2D eigenvalue weighted by Gasteiger charge is -2.28. The summed E-state index contributed by atoms with van der Waals surface area (Å²) >= 11 is 0. The molecule has 0 saturated heterocycles. The topological polar surface area (TPSA) is 131 Å². The van der Waals surface area contributed by atoms with E-state index in [4.69, 9.17) is 10.5 Å². The smallest absolute Gasteiger partial charge is 0.336 e. The molecule has 1 aliphatic rings. The van der Waals surface area contributed by atoms with Gasteiger partial charge in [0.2, 0.25) is 0 Å². The molecule has 124 valence electrons. The van der Waals surface area contributed by atoms with Gasteiger partial charge < -0.3 is 15.8 Å². The van der Waals surface area contributed by atoms with Crippen molar-refractivity contribution in [2.75, 3.05) is 7.11 Å². The van der Waals surface area contributed by atoms with Crippen LogP contribution in [0.4, 0.5) is 5.69 Å². The van der Waals surface area contributed by atoms with Crippen molar-refractivity contribution in [1.29, 1.82) is 5.26 Å². The van der Waals surface area contributed by atoms with Gasteiger partial charge in [-0.2, -0.15) is 5.26 Å². The highest BCUT2D eigenvalue weighted by Gasteiger charge is 2.35. The molecule has 0 fully saturated rings. The standard InChI is InChI=1S/C16H16N4O4/c1-3-12-14(16(21)24-2)13(11(8-17)15(18)19-12)9-5-4-6-10(7-9)20(22)23/h4-7,13,19H,3,18H2,1-2H3. The number of rotatable bonds is 4. The van der Waals surface area contributed by atoms with E-state index in [1.165, 1.54) is 25.3 Å². The molecule has 3 N–H and O–H groups in total. The Balaban J connectivity index is 2.71. The Bertz CT molecular complexity index is 805. The Hall–Kier alpha value is -3.34. The maximum atomic E-state index is 12.3. The minimum absolute atomic E-state index is 0.119. The molecule has 24 heavy (non-hydrogen) atoms. The van der Waals surface area contributed by atoms with E-state index in [0.717, 1.165) is 0 Å².